The first kappa shape index (κ1) is 16.0. The summed E-state index contributed by atoms with van der Waals surface area (Å²) in [6, 6.07) is 11.7. The molecular formula is C16H13N5O2. The molecule has 1 amide bonds. The number of carbonyl (C=O) groups is 1. The molecule has 0 saturated carbocycles. The highest BCUT2D eigenvalue weighted by Crippen LogP contribution is 2.16. The molecule has 0 aliphatic carbocycles. The van der Waals surface area contributed by atoms with Crippen LogP contribution in [-0.4, -0.2) is 37.1 Å². The van der Waals surface area contributed by atoms with E-state index in [2.05, 4.69) is 5.32 Å². The Morgan fingerprint density at radius 3 is 2.43 bits per heavy atom. The molecule has 114 valence electrons. The average Bonchev–Trinajstić information content (AvgIpc) is 2.62. The van der Waals surface area contributed by atoms with Gasteiger partial charge in [-0.2, -0.15) is 15.8 Å². The third-order valence-corrected chi connectivity index (χ3v) is 3.26. The van der Waals surface area contributed by atoms with Crippen molar-refractivity contribution >= 4 is 11.6 Å². The Bertz CT molecular complexity index is 742. The van der Waals surface area contributed by atoms with E-state index in [-0.39, 0.29) is 17.2 Å². The smallest absolute Gasteiger partial charge is 0.254 e. The Morgan fingerprint density at radius 1 is 1.13 bits per heavy atom. The van der Waals surface area contributed by atoms with Crippen LogP contribution in [-0.2, 0) is 4.74 Å². The molecule has 7 nitrogen and oxygen atoms in total. The van der Waals surface area contributed by atoms with E-state index in [1.165, 1.54) is 0 Å². The predicted octanol–water partition coefficient (Wildman–Crippen LogP) is 1.40. The molecule has 7 heteroatoms. The van der Waals surface area contributed by atoms with Crippen LogP contribution < -0.4 is 5.32 Å². The molecule has 1 aromatic carbocycles. The van der Waals surface area contributed by atoms with Crippen molar-refractivity contribution in [3.8, 4) is 18.2 Å². The van der Waals surface area contributed by atoms with Crippen molar-refractivity contribution in [3.05, 3.63) is 41.1 Å². The predicted molar refractivity (Wildman–Crippen MR) is 80.7 cm³/mol. The van der Waals surface area contributed by atoms with Crippen LogP contribution in [0.1, 0.15) is 10.4 Å². The number of hydrogen-bond donors (Lipinski definition) is 1. The van der Waals surface area contributed by atoms with Crippen molar-refractivity contribution in [2.45, 2.75) is 0 Å². The van der Waals surface area contributed by atoms with E-state index in [9.17, 15) is 4.79 Å². The number of anilines is 1. The molecule has 1 saturated heterocycles. The number of morpholine rings is 1. The zero-order chi connectivity index (χ0) is 16.7. The second-order valence-corrected chi connectivity index (χ2v) is 4.70. The molecule has 2 rings (SSSR count). The number of nitrogens with one attached hydrogen (secondary N) is 1. The molecular weight excluding hydrogens is 294 g/mol. The van der Waals surface area contributed by atoms with Crippen molar-refractivity contribution in [1.29, 1.82) is 15.8 Å². The van der Waals surface area contributed by atoms with E-state index < -0.39 is 0 Å². The minimum Gasteiger partial charge on any atom is -0.378 e. The van der Waals surface area contributed by atoms with E-state index in [1.54, 1.807) is 47.4 Å². The average molecular weight is 307 g/mol. The van der Waals surface area contributed by atoms with Gasteiger partial charge in [0.15, 0.2) is 5.57 Å². The number of benzene rings is 1. The minimum absolute atomic E-state index is 0.125. The lowest BCUT2D eigenvalue weighted by Crippen LogP contribution is -2.40. The molecule has 23 heavy (non-hydrogen) atoms. The van der Waals surface area contributed by atoms with Gasteiger partial charge in [0.2, 0.25) is 0 Å². The summed E-state index contributed by atoms with van der Waals surface area (Å²) in [5, 5.41) is 29.4. The quantitative estimate of drug-likeness (QED) is 0.844. The Kier molecular flexibility index (Phi) is 5.30. The molecule has 0 atom stereocenters. The van der Waals surface area contributed by atoms with E-state index in [1.807, 2.05) is 0 Å². The van der Waals surface area contributed by atoms with Crippen LogP contribution in [0.25, 0.3) is 0 Å². The summed E-state index contributed by atoms with van der Waals surface area (Å²) in [6.07, 6.45) is 0. The second kappa shape index (κ2) is 7.61. The first-order chi connectivity index (χ1) is 11.2. The standard InChI is InChI=1S/C16H13N5O2/c17-9-13(10-18)15(11-19)20-14-3-1-2-12(8-14)16(22)21-4-6-23-7-5-21/h1-3,8,20H,4-7H2. The van der Waals surface area contributed by atoms with Crippen molar-refractivity contribution in [2.24, 2.45) is 0 Å². The monoisotopic (exact) mass is 307 g/mol. The van der Waals surface area contributed by atoms with Gasteiger partial charge in [-0.1, -0.05) is 6.07 Å². The molecule has 1 fully saturated rings. The fourth-order valence-corrected chi connectivity index (χ4v) is 2.11. The van der Waals surface area contributed by atoms with Crippen molar-refractivity contribution in [3.63, 3.8) is 0 Å². The zero-order valence-electron chi connectivity index (χ0n) is 12.2. The SMILES string of the molecule is N#CC(C#N)=C(C#N)Nc1cccc(C(=O)N2CCOCC2)c1. The molecule has 0 radical (unpaired) electrons. The zero-order valence-corrected chi connectivity index (χ0v) is 12.2. The van der Waals surface area contributed by atoms with Crippen LogP contribution in [0.5, 0.6) is 0 Å². The number of rotatable bonds is 3. The second-order valence-electron chi connectivity index (χ2n) is 4.70. The Hall–Kier alpha value is -3.34. The lowest BCUT2D eigenvalue weighted by Gasteiger charge is -2.27. The van der Waals surface area contributed by atoms with Gasteiger partial charge in [0.1, 0.15) is 23.9 Å². The van der Waals surface area contributed by atoms with Gasteiger partial charge in [0, 0.05) is 24.3 Å². The molecule has 1 heterocycles. The number of hydrogen-bond acceptors (Lipinski definition) is 6. The van der Waals surface area contributed by atoms with Gasteiger partial charge in [-0.15, -0.1) is 0 Å². The molecule has 0 spiro atoms. The minimum atomic E-state index is -0.308. The Balaban J connectivity index is 2.22. The fourth-order valence-electron chi connectivity index (χ4n) is 2.11. The van der Waals surface area contributed by atoms with Gasteiger partial charge in [-0.25, -0.2) is 0 Å². The van der Waals surface area contributed by atoms with E-state index >= 15 is 0 Å². The summed E-state index contributed by atoms with van der Waals surface area (Å²) in [7, 11) is 0. The third kappa shape index (κ3) is 3.85. The van der Waals surface area contributed by atoms with Crippen LogP contribution >= 0.6 is 0 Å². The largest absolute Gasteiger partial charge is 0.378 e. The number of amides is 1. The third-order valence-electron chi connectivity index (χ3n) is 3.26. The number of ether oxygens (including phenoxy) is 1. The van der Waals surface area contributed by atoms with Crippen molar-refractivity contribution in [1.82, 2.24) is 4.90 Å². The maximum Gasteiger partial charge on any atom is 0.254 e. The Labute approximate surface area is 133 Å². The van der Waals surface area contributed by atoms with Crippen LogP contribution in [0, 0.1) is 34.0 Å². The van der Waals surface area contributed by atoms with Gasteiger partial charge < -0.3 is 15.0 Å². The first-order valence-corrected chi connectivity index (χ1v) is 6.88. The van der Waals surface area contributed by atoms with E-state index in [0.29, 0.717) is 37.6 Å². The topological polar surface area (TPSA) is 113 Å². The summed E-state index contributed by atoms with van der Waals surface area (Å²) in [5.74, 6) is -0.125. The van der Waals surface area contributed by atoms with Crippen LogP contribution in [0.15, 0.2) is 35.5 Å². The van der Waals surface area contributed by atoms with Crippen molar-refractivity contribution in [2.75, 3.05) is 31.6 Å². The van der Waals surface area contributed by atoms with E-state index in [4.69, 9.17) is 20.5 Å². The lowest BCUT2D eigenvalue weighted by atomic mass is 10.1. The summed E-state index contributed by atoms with van der Waals surface area (Å²) >= 11 is 0. The van der Waals surface area contributed by atoms with Crippen LogP contribution in [0.2, 0.25) is 0 Å². The maximum atomic E-state index is 12.4. The first-order valence-electron chi connectivity index (χ1n) is 6.88. The fraction of sp³-hybridized carbons (Fsp3) is 0.250. The summed E-state index contributed by atoms with van der Waals surface area (Å²) in [6.45, 7) is 2.09. The molecule has 0 bridgehead atoms. The molecule has 1 N–H and O–H groups in total. The number of nitrogens with zero attached hydrogens (tertiary/aromatic N) is 4. The highest BCUT2D eigenvalue weighted by atomic mass is 16.5. The summed E-state index contributed by atoms with van der Waals surface area (Å²) in [4.78, 5) is 14.1. The number of carbonyl (C=O) groups excluding carboxylic acids is 1. The molecule has 0 unspecified atom stereocenters. The van der Waals surface area contributed by atoms with Gasteiger partial charge in [0.05, 0.1) is 13.2 Å². The van der Waals surface area contributed by atoms with Crippen LogP contribution in [0.3, 0.4) is 0 Å². The molecule has 1 aliphatic heterocycles. The molecule has 1 aromatic rings. The van der Waals surface area contributed by atoms with E-state index in [0.717, 1.165) is 0 Å². The highest BCUT2D eigenvalue weighted by Gasteiger charge is 2.18. The normalized spacial score (nSPS) is 13.2. The Morgan fingerprint density at radius 2 is 1.83 bits per heavy atom. The molecule has 1 aliphatic rings. The highest BCUT2D eigenvalue weighted by molar-refractivity contribution is 5.95. The van der Waals surface area contributed by atoms with Crippen LogP contribution in [0.4, 0.5) is 5.69 Å². The van der Waals surface area contributed by atoms with Crippen molar-refractivity contribution < 1.29 is 9.53 Å². The number of nitriles is 3. The lowest BCUT2D eigenvalue weighted by molar-refractivity contribution is 0.0303. The van der Waals surface area contributed by atoms with Gasteiger partial charge in [-0.3, -0.25) is 4.79 Å². The number of allylic oxidation sites excluding steroid dienone is 2. The summed E-state index contributed by atoms with van der Waals surface area (Å²) in [5.41, 5.74) is 0.469. The maximum absolute atomic E-state index is 12.4. The molecule has 0 aromatic heterocycles. The van der Waals surface area contributed by atoms with Gasteiger partial charge in [-0.05, 0) is 18.2 Å². The van der Waals surface area contributed by atoms with Gasteiger partial charge in [0.25, 0.3) is 5.91 Å². The van der Waals surface area contributed by atoms with Gasteiger partial charge >= 0.3 is 0 Å². The summed E-state index contributed by atoms with van der Waals surface area (Å²) < 4.78 is 5.22.